The van der Waals surface area contributed by atoms with Gasteiger partial charge < -0.3 is 0 Å². The predicted molar refractivity (Wildman–Crippen MR) is 72.0 cm³/mol. The van der Waals surface area contributed by atoms with Crippen LogP contribution in [0.4, 0.5) is 0 Å². The van der Waals surface area contributed by atoms with Crippen LogP contribution in [0.3, 0.4) is 0 Å². The molecule has 0 nitrogen and oxygen atoms in total. The van der Waals surface area contributed by atoms with Crippen molar-refractivity contribution in [2.75, 3.05) is 6.16 Å². The average molecular weight is 227 g/mol. The smallest absolute Gasteiger partial charge is 0.0170 e. The predicted octanol–water partition coefficient (Wildman–Crippen LogP) is 5.63. The molecule has 1 radical (unpaired) electrons. The van der Waals surface area contributed by atoms with Crippen LogP contribution in [0.15, 0.2) is 0 Å². The highest BCUT2D eigenvalue weighted by atomic mass is 31.1. The number of unbranched alkanes of at least 4 members (excludes halogenated alkanes) is 2. The first-order valence-electron chi connectivity index (χ1n) is 7.10. The Hall–Kier alpha value is 0.430. The molecule has 0 amide bonds. The molecule has 0 saturated heterocycles. The highest BCUT2D eigenvalue weighted by Crippen LogP contribution is 2.31. The van der Waals surface area contributed by atoms with Gasteiger partial charge in [-0.1, -0.05) is 66.9 Å². The van der Waals surface area contributed by atoms with E-state index in [1.807, 2.05) is 0 Å². The van der Waals surface area contributed by atoms with Gasteiger partial charge in [0.25, 0.3) is 0 Å². The summed E-state index contributed by atoms with van der Waals surface area (Å²) in [6.07, 6.45) is 17.8. The lowest BCUT2D eigenvalue weighted by Crippen LogP contribution is -2.01. The maximum Gasteiger partial charge on any atom is -0.0170 e. The molecule has 0 unspecified atom stereocenters. The maximum absolute atomic E-state index is 2.30. The highest BCUT2D eigenvalue weighted by molar-refractivity contribution is 7.38. The minimum atomic E-state index is 1.06. The molecular formula is C14H28P. The van der Waals surface area contributed by atoms with Crippen molar-refractivity contribution in [3.05, 3.63) is 0 Å². The zero-order valence-electron chi connectivity index (χ0n) is 10.5. The van der Waals surface area contributed by atoms with E-state index in [9.17, 15) is 0 Å². The second-order valence-corrected chi connectivity index (χ2v) is 6.51. The number of rotatable bonds is 5. The quantitative estimate of drug-likeness (QED) is 0.422. The summed E-state index contributed by atoms with van der Waals surface area (Å²) in [5.41, 5.74) is 1.06. The van der Waals surface area contributed by atoms with Crippen molar-refractivity contribution < 1.29 is 0 Å². The number of hydrogen-bond acceptors (Lipinski definition) is 0. The molecular weight excluding hydrogens is 199 g/mol. The Bertz CT molecular complexity index is 123. The van der Waals surface area contributed by atoms with Crippen LogP contribution in [-0.2, 0) is 0 Å². The molecule has 0 heterocycles. The molecule has 0 atom stereocenters. The fourth-order valence-corrected chi connectivity index (χ4v) is 3.93. The van der Waals surface area contributed by atoms with E-state index in [0.29, 0.717) is 0 Å². The van der Waals surface area contributed by atoms with Gasteiger partial charge in [0.2, 0.25) is 0 Å². The fourth-order valence-electron chi connectivity index (χ4n) is 2.43. The summed E-state index contributed by atoms with van der Waals surface area (Å²) in [6, 6.07) is 0. The largest absolute Gasteiger partial charge is 0.0775 e. The van der Waals surface area contributed by atoms with Crippen LogP contribution < -0.4 is 0 Å². The van der Waals surface area contributed by atoms with Crippen LogP contribution in [0, 0.1) is 0 Å². The Morgan fingerprint density at radius 3 is 2.07 bits per heavy atom. The lowest BCUT2D eigenvalue weighted by molar-refractivity contribution is 0.624. The molecule has 1 heteroatoms. The molecule has 1 saturated carbocycles. The van der Waals surface area contributed by atoms with Crippen LogP contribution in [-0.4, -0.2) is 11.8 Å². The molecule has 0 aliphatic heterocycles. The SMILES string of the molecule is CCCCC[P]C1CCCCCCCC1. The zero-order valence-corrected chi connectivity index (χ0v) is 11.4. The molecule has 0 aromatic carbocycles. The van der Waals surface area contributed by atoms with Crippen LogP contribution in [0.5, 0.6) is 0 Å². The van der Waals surface area contributed by atoms with Crippen molar-refractivity contribution in [2.45, 2.75) is 83.2 Å². The molecule has 1 aliphatic rings. The summed E-state index contributed by atoms with van der Waals surface area (Å²) in [6.45, 7) is 2.30. The standard InChI is InChI=1S/C14H28P/c1-2-3-10-13-15-14-11-8-6-4-5-7-9-12-14/h14H,2-13H2,1H3. The monoisotopic (exact) mass is 227 g/mol. The number of hydrogen-bond donors (Lipinski definition) is 0. The lowest BCUT2D eigenvalue weighted by atomic mass is 10.1. The van der Waals surface area contributed by atoms with E-state index in [2.05, 4.69) is 6.92 Å². The molecule has 1 aliphatic carbocycles. The van der Waals surface area contributed by atoms with Crippen LogP contribution in [0.25, 0.3) is 0 Å². The maximum atomic E-state index is 2.30. The fraction of sp³-hybridized carbons (Fsp3) is 1.00. The Kier molecular flexibility index (Phi) is 8.67. The Balaban J connectivity index is 2.07. The van der Waals surface area contributed by atoms with Crippen molar-refractivity contribution >= 4 is 8.58 Å². The zero-order chi connectivity index (χ0) is 10.8. The summed E-state index contributed by atoms with van der Waals surface area (Å²) < 4.78 is 0. The summed E-state index contributed by atoms with van der Waals surface area (Å²) in [5, 5.41) is 0. The van der Waals surface area contributed by atoms with Crippen molar-refractivity contribution in [1.29, 1.82) is 0 Å². The Morgan fingerprint density at radius 1 is 0.867 bits per heavy atom. The molecule has 0 aromatic heterocycles. The topological polar surface area (TPSA) is 0 Å². The second-order valence-electron chi connectivity index (χ2n) is 4.97. The van der Waals surface area contributed by atoms with Gasteiger partial charge in [0, 0.05) is 0 Å². The molecule has 15 heavy (non-hydrogen) atoms. The highest BCUT2D eigenvalue weighted by Gasteiger charge is 2.10. The van der Waals surface area contributed by atoms with Gasteiger partial charge in [-0.15, -0.1) is 0 Å². The first kappa shape index (κ1) is 13.5. The van der Waals surface area contributed by atoms with Gasteiger partial charge in [0.1, 0.15) is 0 Å². The molecule has 0 aromatic rings. The van der Waals surface area contributed by atoms with Crippen LogP contribution in [0.1, 0.15) is 77.6 Å². The minimum Gasteiger partial charge on any atom is -0.0775 e. The lowest BCUT2D eigenvalue weighted by Gasteiger charge is -2.14. The first-order valence-corrected chi connectivity index (χ1v) is 8.25. The van der Waals surface area contributed by atoms with E-state index in [-0.39, 0.29) is 0 Å². The van der Waals surface area contributed by atoms with E-state index in [0.717, 1.165) is 5.66 Å². The summed E-state index contributed by atoms with van der Waals surface area (Å²) >= 11 is 0. The van der Waals surface area contributed by atoms with E-state index >= 15 is 0 Å². The normalized spacial score (nSPS) is 21.4. The van der Waals surface area contributed by atoms with Crippen molar-refractivity contribution in [3.8, 4) is 0 Å². The second kappa shape index (κ2) is 9.64. The van der Waals surface area contributed by atoms with Gasteiger partial charge in [-0.25, -0.2) is 0 Å². The van der Waals surface area contributed by atoms with Crippen molar-refractivity contribution in [3.63, 3.8) is 0 Å². The Morgan fingerprint density at radius 2 is 1.47 bits per heavy atom. The average Bonchev–Trinajstić information content (AvgIpc) is 2.38. The van der Waals surface area contributed by atoms with Crippen molar-refractivity contribution in [2.24, 2.45) is 0 Å². The summed E-state index contributed by atoms with van der Waals surface area (Å²) in [5.74, 6) is 0. The summed E-state index contributed by atoms with van der Waals surface area (Å²) in [7, 11) is 1.77. The summed E-state index contributed by atoms with van der Waals surface area (Å²) in [4.78, 5) is 0. The van der Waals surface area contributed by atoms with Gasteiger partial charge in [0.15, 0.2) is 0 Å². The minimum absolute atomic E-state index is 1.06. The van der Waals surface area contributed by atoms with E-state index in [1.165, 1.54) is 76.8 Å². The third-order valence-electron chi connectivity index (χ3n) is 3.47. The van der Waals surface area contributed by atoms with Gasteiger partial charge in [-0.3, -0.25) is 0 Å². The van der Waals surface area contributed by atoms with Gasteiger partial charge >= 0.3 is 0 Å². The molecule has 1 rings (SSSR count). The van der Waals surface area contributed by atoms with Gasteiger partial charge in [-0.05, 0) is 31.1 Å². The third-order valence-corrected chi connectivity index (χ3v) is 5.08. The van der Waals surface area contributed by atoms with E-state index < -0.39 is 0 Å². The molecule has 0 bridgehead atoms. The van der Waals surface area contributed by atoms with Crippen LogP contribution >= 0.6 is 8.58 Å². The first-order chi connectivity index (χ1) is 7.43. The molecule has 0 N–H and O–H groups in total. The molecule has 89 valence electrons. The van der Waals surface area contributed by atoms with E-state index in [1.54, 1.807) is 8.58 Å². The van der Waals surface area contributed by atoms with Crippen LogP contribution in [0.2, 0.25) is 0 Å². The Labute approximate surface area is 98.4 Å². The van der Waals surface area contributed by atoms with Gasteiger partial charge in [-0.2, -0.15) is 0 Å². The van der Waals surface area contributed by atoms with Crippen molar-refractivity contribution in [1.82, 2.24) is 0 Å². The third kappa shape index (κ3) is 7.34. The van der Waals surface area contributed by atoms with Gasteiger partial charge in [0.05, 0.1) is 0 Å². The molecule has 0 spiro atoms. The van der Waals surface area contributed by atoms with E-state index in [4.69, 9.17) is 0 Å². The molecule has 1 fully saturated rings.